The summed E-state index contributed by atoms with van der Waals surface area (Å²) in [4.78, 5) is 2.44. The van der Waals surface area contributed by atoms with Crippen LogP contribution in [0.25, 0.3) is 0 Å². The summed E-state index contributed by atoms with van der Waals surface area (Å²) in [6.45, 7) is 2.03. The predicted molar refractivity (Wildman–Crippen MR) is 75.4 cm³/mol. The molecule has 4 heteroatoms. The third-order valence-electron chi connectivity index (χ3n) is 4.40. The highest BCUT2D eigenvalue weighted by atomic mass is 19.1. The van der Waals surface area contributed by atoms with E-state index in [0.717, 1.165) is 37.2 Å². The monoisotopic (exact) mass is 279 g/mol. The molecule has 0 aromatic heterocycles. The number of ether oxygens (including phenoxy) is 1. The first-order valence-electron chi connectivity index (χ1n) is 7.56. The van der Waals surface area contributed by atoms with E-state index in [9.17, 15) is 4.39 Å². The Morgan fingerprint density at radius 1 is 1.35 bits per heavy atom. The largest absolute Gasteiger partial charge is 0.488 e. The highest BCUT2D eigenvalue weighted by Gasteiger charge is 2.30. The van der Waals surface area contributed by atoms with Gasteiger partial charge < -0.3 is 9.84 Å². The van der Waals surface area contributed by atoms with Crippen molar-refractivity contribution in [2.24, 2.45) is 0 Å². The topological polar surface area (TPSA) is 32.7 Å². The lowest BCUT2D eigenvalue weighted by molar-refractivity contribution is 0.0726. The van der Waals surface area contributed by atoms with Gasteiger partial charge in [-0.2, -0.15) is 0 Å². The van der Waals surface area contributed by atoms with E-state index in [0.29, 0.717) is 6.04 Å². The fraction of sp³-hybridized carbons (Fsp3) is 0.625. The van der Waals surface area contributed by atoms with E-state index in [-0.39, 0.29) is 18.5 Å². The second-order valence-electron chi connectivity index (χ2n) is 5.85. The number of aliphatic hydroxyl groups excluding tert-OH is 1. The van der Waals surface area contributed by atoms with Gasteiger partial charge in [-0.1, -0.05) is 6.42 Å². The Morgan fingerprint density at radius 2 is 2.20 bits per heavy atom. The van der Waals surface area contributed by atoms with Crippen LogP contribution in [0.15, 0.2) is 18.2 Å². The Morgan fingerprint density at radius 3 is 2.90 bits per heavy atom. The lowest BCUT2D eigenvalue weighted by Crippen LogP contribution is -2.45. The van der Waals surface area contributed by atoms with Crippen molar-refractivity contribution in [2.45, 2.75) is 44.2 Å². The molecule has 1 atom stereocenters. The normalized spacial score (nSPS) is 21.6. The summed E-state index contributed by atoms with van der Waals surface area (Å²) in [5.41, 5.74) is 0.978. The van der Waals surface area contributed by atoms with Crippen LogP contribution in [0.5, 0.6) is 5.75 Å². The van der Waals surface area contributed by atoms with Gasteiger partial charge in [0.25, 0.3) is 0 Å². The van der Waals surface area contributed by atoms with Crippen LogP contribution < -0.4 is 4.74 Å². The van der Waals surface area contributed by atoms with E-state index in [1.807, 2.05) is 0 Å². The zero-order valence-corrected chi connectivity index (χ0v) is 11.7. The molecule has 1 saturated carbocycles. The fourth-order valence-corrected chi connectivity index (χ4v) is 3.10. The molecule has 1 aromatic rings. The van der Waals surface area contributed by atoms with Gasteiger partial charge in [0.1, 0.15) is 17.7 Å². The van der Waals surface area contributed by atoms with Gasteiger partial charge >= 0.3 is 0 Å². The summed E-state index contributed by atoms with van der Waals surface area (Å²) < 4.78 is 19.1. The van der Waals surface area contributed by atoms with Crippen molar-refractivity contribution in [3.63, 3.8) is 0 Å². The lowest BCUT2D eigenvalue weighted by atomic mass is 9.91. The molecular formula is C16H22FNO2. The fourth-order valence-electron chi connectivity index (χ4n) is 3.10. The van der Waals surface area contributed by atoms with Crippen molar-refractivity contribution >= 4 is 0 Å². The first-order chi connectivity index (χ1) is 9.76. The highest BCUT2D eigenvalue weighted by molar-refractivity contribution is 5.37. The molecule has 1 aliphatic carbocycles. The van der Waals surface area contributed by atoms with E-state index in [2.05, 4.69) is 4.90 Å². The highest BCUT2D eigenvalue weighted by Crippen LogP contribution is 2.31. The van der Waals surface area contributed by atoms with E-state index in [1.165, 1.54) is 25.3 Å². The minimum atomic E-state index is -0.191. The second kappa shape index (κ2) is 6.10. The van der Waals surface area contributed by atoms with Crippen molar-refractivity contribution in [2.75, 3.05) is 19.7 Å². The van der Waals surface area contributed by atoms with Crippen molar-refractivity contribution < 1.29 is 14.2 Å². The van der Waals surface area contributed by atoms with Gasteiger partial charge in [-0.3, -0.25) is 4.90 Å². The van der Waals surface area contributed by atoms with Crippen LogP contribution in [-0.4, -0.2) is 41.8 Å². The molecular weight excluding hydrogens is 257 g/mol. The summed E-state index contributed by atoms with van der Waals surface area (Å²) >= 11 is 0. The van der Waals surface area contributed by atoms with E-state index in [1.54, 1.807) is 12.1 Å². The molecule has 3 nitrogen and oxygen atoms in total. The minimum Gasteiger partial charge on any atom is -0.488 e. The number of hydrogen-bond donors (Lipinski definition) is 1. The zero-order chi connectivity index (χ0) is 13.9. The SMILES string of the molecule is OCCCN(CC1Cc2cc(F)ccc2O1)C1CCC1. The standard InChI is InChI=1S/C16H22FNO2/c17-13-5-6-16-12(9-13)10-15(20-16)11-18(7-2-8-19)14-3-1-4-14/h5-6,9,14-15,19H,1-4,7-8,10-11H2. The molecule has 1 N–H and O–H groups in total. The number of rotatable bonds is 6. The molecule has 0 amide bonds. The molecule has 1 aliphatic heterocycles. The zero-order valence-electron chi connectivity index (χ0n) is 11.7. The number of nitrogens with zero attached hydrogens (tertiary/aromatic N) is 1. The quantitative estimate of drug-likeness (QED) is 0.867. The predicted octanol–water partition coefficient (Wildman–Crippen LogP) is 2.37. The molecule has 0 bridgehead atoms. The van der Waals surface area contributed by atoms with Gasteiger partial charge in [0, 0.05) is 37.7 Å². The Bertz CT molecular complexity index is 462. The molecule has 2 aliphatic rings. The minimum absolute atomic E-state index is 0.117. The number of benzene rings is 1. The average Bonchev–Trinajstić information content (AvgIpc) is 2.75. The molecule has 1 heterocycles. The molecule has 0 saturated heterocycles. The van der Waals surface area contributed by atoms with Crippen molar-refractivity contribution in [1.29, 1.82) is 0 Å². The number of aliphatic hydroxyl groups is 1. The van der Waals surface area contributed by atoms with Gasteiger partial charge in [-0.25, -0.2) is 4.39 Å². The molecule has 20 heavy (non-hydrogen) atoms. The van der Waals surface area contributed by atoms with Crippen molar-refractivity contribution in [3.05, 3.63) is 29.6 Å². The molecule has 0 radical (unpaired) electrons. The molecule has 110 valence electrons. The maximum atomic E-state index is 13.2. The maximum Gasteiger partial charge on any atom is 0.123 e. The van der Waals surface area contributed by atoms with Crippen molar-refractivity contribution in [3.8, 4) is 5.75 Å². The van der Waals surface area contributed by atoms with Crippen LogP contribution in [0.3, 0.4) is 0 Å². The summed E-state index contributed by atoms with van der Waals surface area (Å²) in [6.07, 6.45) is 5.52. The van der Waals surface area contributed by atoms with Crippen LogP contribution in [0, 0.1) is 5.82 Å². The van der Waals surface area contributed by atoms with Crippen LogP contribution in [-0.2, 0) is 6.42 Å². The molecule has 0 spiro atoms. The first-order valence-corrected chi connectivity index (χ1v) is 7.56. The number of halogens is 1. The van der Waals surface area contributed by atoms with Gasteiger partial charge in [-0.15, -0.1) is 0 Å². The average molecular weight is 279 g/mol. The van der Waals surface area contributed by atoms with Crippen LogP contribution >= 0.6 is 0 Å². The van der Waals surface area contributed by atoms with Gasteiger partial charge in [-0.05, 0) is 37.5 Å². The Balaban J connectivity index is 1.59. The van der Waals surface area contributed by atoms with E-state index >= 15 is 0 Å². The summed E-state index contributed by atoms with van der Waals surface area (Å²) in [7, 11) is 0. The summed E-state index contributed by atoms with van der Waals surface area (Å²) in [6, 6.07) is 5.41. The van der Waals surface area contributed by atoms with Gasteiger partial charge in [0.2, 0.25) is 0 Å². The third kappa shape index (κ3) is 2.96. The first kappa shape index (κ1) is 13.8. The number of fused-ring (bicyclic) bond motifs is 1. The van der Waals surface area contributed by atoms with Gasteiger partial charge in [0.15, 0.2) is 0 Å². The Labute approximate surface area is 119 Å². The molecule has 1 aromatic carbocycles. The van der Waals surface area contributed by atoms with Gasteiger partial charge in [0.05, 0.1) is 0 Å². The summed E-state index contributed by atoms with van der Waals surface area (Å²) in [5, 5.41) is 9.02. The molecule has 3 rings (SSSR count). The van der Waals surface area contributed by atoms with Crippen LogP contribution in [0.2, 0.25) is 0 Å². The Hall–Kier alpha value is -1.13. The van der Waals surface area contributed by atoms with Crippen LogP contribution in [0.4, 0.5) is 4.39 Å². The van der Waals surface area contributed by atoms with E-state index in [4.69, 9.17) is 9.84 Å². The third-order valence-corrected chi connectivity index (χ3v) is 4.40. The number of hydrogen-bond acceptors (Lipinski definition) is 3. The lowest BCUT2D eigenvalue weighted by Gasteiger charge is -2.38. The van der Waals surface area contributed by atoms with Crippen molar-refractivity contribution in [1.82, 2.24) is 4.90 Å². The maximum absolute atomic E-state index is 13.2. The van der Waals surface area contributed by atoms with Crippen LogP contribution in [0.1, 0.15) is 31.2 Å². The smallest absolute Gasteiger partial charge is 0.123 e. The second-order valence-corrected chi connectivity index (χ2v) is 5.85. The van der Waals surface area contributed by atoms with E-state index < -0.39 is 0 Å². The Kier molecular flexibility index (Phi) is 4.22. The molecule has 1 fully saturated rings. The molecule has 1 unspecified atom stereocenters. The summed E-state index contributed by atoms with van der Waals surface area (Å²) in [5.74, 6) is 0.635.